The molecule has 1 aromatic carbocycles. The van der Waals surface area contributed by atoms with Crippen LogP contribution in [-0.2, 0) is 5.41 Å². The molecule has 0 aliphatic heterocycles. The van der Waals surface area contributed by atoms with Crippen molar-refractivity contribution in [3.8, 4) is 11.5 Å². The second-order valence-corrected chi connectivity index (χ2v) is 5.11. The van der Waals surface area contributed by atoms with Crippen molar-refractivity contribution in [1.29, 1.82) is 0 Å². The molecular weight excluding hydrogens is 244 g/mol. The first-order valence-electron chi connectivity index (χ1n) is 4.43. The third kappa shape index (κ3) is 2.21. The second kappa shape index (κ2) is 3.81. The van der Waals surface area contributed by atoms with Gasteiger partial charge in [-0.15, -0.1) is 0 Å². The van der Waals surface area contributed by atoms with Crippen LogP contribution in [-0.4, -0.2) is 12.2 Å². The van der Waals surface area contributed by atoms with Gasteiger partial charge in [0.25, 0.3) is 0 Å². The number of methoxy groups -OCH3 is 1. The molecule has 0 amide bonds. The zero-order valence-corrected chi connectivity index (χ0v) is 10.5. The minimum atomic E-state index is 0.0201. The summed E-state index contributed by atoms with van der Waals surface area (Å²) in [4.78, 5) is 0. The monoisotopic (exact) mass is 258 g/mol. The lowest BCUT2D eigenvalue weighted by molar-refractivity contribution is 0.369. The van der Waals surface area contributed by atoms with E-state index in [1.165, 1.54) is 7.11 Å². The van der Waals surface area contributed by atoms with Gasteiger partial charge < -0.3 is 9.84 Å². The number of benzene rings is 1. The average Bonchev–Trinajstić information content (AvgIpc) is 2.01. The van der Waals surface area contributed by atoms with Crippen molar-refractivity contribution in [2.24, 2.45) is 0 Å². The van der Waals surface area contributed by atoms with Crippen LogP contribution in [0.15, 0.2) is 16.6 Å². The SMILES string of the molecule is COc1c(O)cc(C(C)(C)C)cc1Br. The molecule has 1 N–H and O–H groups in total. The van der Waals surface area contributed by atoms with E-state index in [1.54, 1.807) is 6.07 Å². The van der Waals surface area contributed by atoms with Crippen molar-refractivity contribution in [3.63, 3.8) is 0 Å². The summed E-state index contributed by atoms with van der Waals surface area (Å²) < 4.78 is 5.83. The molecule has 1 aromatic rings. The highest BCUT2D eigenvalue weighted by Gasteiger charge is 2.18. The van der Waals surface area contributed by atoms with Crippen LogP contribution in [0.4, 0.5) is 0 Å². The van der Waals surface area contributed by atoms with Gasteiger partial charge in [0.1, 0.15) is 0 Å². The quantitative estimate of drug-likeness (QED) is 0.836. The van der Waals surface area contributed by atoms with Crippen molar-refractivity contribution in [2.75, 3.05) is 7.11 Å². The molecular formula is C11H15BrO2. The Morgan fingerprint density at radius 2 is 1.86 bits per heavy atom. The normalized spacial score (nSPS) is 11.5. The Balaban J connectivity index is 3.28. The first kappa shape index (κ1) is 11.4. The number of ether oxygens (including phenoxy) is 1. The van der Waals surface area contributed by atoms with Crippen molar-refractivity contribution in [1.82, 2.24) is 0 Å². The lowest BCUT2D eigenvalue weighted by Crippen LogP contribution is -2.10. The summed E-state index contributed by atoms with van der Waals surface area (Å²) in [5.41, 5.74) is 1.09. The third-order valence-corrected chi connectivity index (χ3v) is 2.68. The predicted octanol–water partition coefficient (Wildman–Crippen LogP) is 3.46. The van der Waals surface area contributed by atoms with Gasteiger partial charge in [-0.25, -0.2) is 0 Å². The maximum atomic E-state index is 9.68. The van der Waals surface area contributed by atoms with Crippen molar-refractivity contribution < 1.29 is 9.84 Å². The lowest BCUT2D eigenvalue weighted by atomic mass is 9.87. The third-order valence-electron chi connectivity index (χ3n) is 2.09. The molecule has 0 saturated carbocycles. The van der Waals surface area contributed by atoms with Crippen LogP contribution in [0.25, 0.3) is 0 Å². The molecule has 78 valence electrons. The lowest BCUT2D eigenvalue weighted by Gasteiger charge is -2.20. The molecule has 0 bridgehead atoms. The number of hydrogen-bond acceptors (Lipinski definition) is 2. The molecule has 0 spiro atoms. The van der Waals surface area contributed by atoms with E-state index in [-0.39, 0.29) is 11.2 Å². The molecule has 0 radical (unpaired) electrons. The van der Waals surface area contributed by atoms with Crippen LogP contribution in [0.3, 0.4) is 0 Å². The molecule has 0 saturated heterocycles. The van der Waals surface area contributed by atoms with Crippen LogP contribution in [0.1, 0.15) is 26.3 Å². The van der Waals surface area contributed by atoms with Crippen molar-refractivity contribution in [3.05, 3.63) is 22.2 Å². The summed E-state index contributed by atoms with van der Waals surface area (Å²) in [5, 5.41) is 9.68. The average molecular weight is 259 g/mol. The summed E-state index contributed by atoms with van der Waals surface area (Å²) in [7, 11) is 1.54. The molecule has 0 aliphatic carbocycles. The summed E-state index contributed by atoms with van der Waals surface area (Å²) in [5.74, 6) is 0.657. The van der Waals surface area contributed by atoms with E-state index < -0.39 is 0 Å². The smallest absolute Gasteiger partial charge is 0.174 e. The Kier molecular flexibility index (Phi) is 3.10. The molecule has 2 nitrogen and oxygen atoms in total. The van der Waals surface area contributed by atoms with Gasteiger partial charge in [0.15, 0.2) is 11.5 Å². The Labute approximate surface area is 93.0 Å². The summed E-state index contributed by atoms with van der Waals surface area (Å²) in [6.45, 7) is 6.29. The van der Waals surface area contributed by atoms with Gasteiger partial charge in [0, 0.05) is 0 Å². The van der Waals surface area contributed by atoms with E-state index in [9.17, 15) is 5.11 Å². The van der Waals surface area contributed by atoms with E-state index in [2.05, 4.69) is 36.7 Å². The van der Waals surface area contributed by atoms with Gasteiger partial charge in [-0.1, -0.05) is 20.8 Å². The van der Waals surface area contributed by atoms with Gasteiger partial charge in [-0.2, -0.15) is 0 Å². The van der Waals surface area contributed by atoms with E-state index in [1.807, 2.05) is 6.07 Å². The molecule has 14 heavy (non-hydrogen) atoms. The minimum Gasteiger partial charge on any atom is -0.504 e. The highest BCUT2D eigenvalue weighted by atomic mass is 79.9. The van der Waals surface area contributed by atoms with Crippen LogP contribution >= 0.6 is 15.9 Å². The number of aromatic hydroxyl groups is 1. The van der Waals surface area contributed by atoms with Crippen LogP contribution < -0.4 is 4.74 Å². The van der Waals surface area contributed by atoms with E-state index in [4.69, 9.17) is 4.74 Å². The fraction of sp³-hybridized carbons (Fsp3) is 0.455. The van der Waals surface area contributed by atoms with Gasteiger partial charge in [-0.3, -0.25) is 0 Å². The van der Waals surface area contributed by atoms with Crippen LogP contribution in [0, 0.1) is 0 Å². The standard InChI is InChI=1S/C11H15BrO2/c1-11(2,3)7-5-8(12)10(14-4)9(13)6-7/h5-6,13H,1-4H3. The highest BCUT2D eigenvalue weighted by molar-refractivity contribution is 9.10. The van der Waals surface area contributed by atoms with Crippen LogP contribution in [0.5, 0.6) is 11.5 Å². The molecule has 1 rings (SSSR count). The Morgan fingerprint density at radius 3 is 2.21 bits per heavy atom. The van der Waals surface area contributed by atoms with Crippen molar-refractivity contribution in [2.45, 2.75) is 26.2 Å². The maximum Gasteiger partial charge on any atom is 0.174 e. The molecule has 0 atom stereocenters. The number of rotatable bonds is 1. The summed E-state index contributed by atoms with van der Waals surface area (Å²) >= 11 is 3.37. The first-order valence-corrected chi connectivity index (χ1v) is 5.22. The zero-order chi connectivity index (χ0) is 10.9. The Bertz CT molecular complexity index is 317. The molecule has 0 aromatic heterocycles. The predicted molar refractivity (Wildman–Crippen MR) is 61.1 cm³/mol. The van der Waals surface area contributed by atoms with Crippen LogP contribution in [0.2, 0.25) is 0 Å². The van der Waals surface area contributed by atoms with E-state index in [0.29, 0.717) is 5.75 Å². The molecule has 0 fully saturated rings. The first-order chi connectivity index (χ1) is 6.36. The van der Waals surface area contributed by atoms with Gasteiger partial charge >= 0.3 is 0 Å². The summed E-state index contributed by atoms with van der Waals surface area (Å²) in [6.07, 6.45) is 0. The largest absolute Gasteiger partial charge is 0.504 e. The van der Waals surface area contributed by atoms with E-state index >= 15 is 0 Å². The minimum absolute atomic E-state index is 0.0201. The number of hydrogen-bond donors (Lipinski definition) is 1. The fourth-order valence-electron chi connectivity index (χ4n) is 1.21. The second-order valence-electron chi connectivity index (χ2n) is 4.26. The van der Waals surface area contributed by atoms with Gasteiger partial charge in [0.05, 0.1) is 11.6 Å². The van der Waals surface area contributed by atoms with Crippen molar-refractivity contribution >= 4 is 15.9 Å². The molecule has 3 heteroatoms. The number of phenols is 1. The fourth-order valence-corrected chi connectivity index (χ4v) is 1.83. The number of halogens is 1. The highest BCUT2D eigenvalue weighted by Crippen LogP contribution is 2.38. The van der Waals surface area contributed by atoms with E-state index in [0.717, 1.165) is 10.0 Å². The maximum absolute atomic E-state index is 9.68. The molecule has 0 heterocycles. The van der Waals surface area contributed by atoms with Gasteiger partial charge in [0.2, 0.25) is 0 Å². The molecule has 0 aliphatic rings. The molecule has 0 unspecified atom stereocenters. The topological polar surface area (TPSA) is 29.5 Å². The Hall–Kier alpha value is -0.700. The Morgan fingerprint density at radius 1 is 1.29 bits per heavy atom. The summed E-state index contributed by atoms with van der Waals surface area (Å²) in [6, 6.07) is 3.71. The number of phenolic OH excluding ortho intramolecular Hbond substituents is 1. The zero-order valence-electron chi connectivity index (χ0n) is 8.89. The van der Waals surface area contributed by atoms with Gasteiger partial charge in [-0.05, 0) is 39.0 Å².